The van der Waals surface area contributed by atoms with Crippen LogP contribution in [0.15, 0.2) is 47.5 Å². The molecule has 0 saturated carbocycles. The van der Waals surface area contributed by atoms with Crippen molar-refractivity contribution in [3.05, 3.63) is 48.3 Å². The van der Waals surface area contributed by atoms with Crippen molar-refractivity contribution in [1.29, 1.82) is 0 Å². The second-order valence-corrected chi connectivity index (χ2v) is 7.51. The van der Waals surface area contributed by atoms with Crippen molar-refractivity contribution in [2.45, 2.75) is 36.6 Å². The highest BCUT2D eigenvalue weighted by Gasteiger charge is 2.17. The maximum Gasteiger partial charge on any atom is 0.241 e. The zero-order valence-electron chi connectivity index (χ0n) is 14.5. The summed E-state index contributed by atoms with van der Waals surface area (Å²) in [5.74, 6) is 1.51. The SMILES string of the molecule is O=C(Cn1ccc(C2CCCNC2)n1)NCCCSc1ccccc1. The van der Waals surface area contributed by atoms with Gasteiger partial charge in [-0.25, -0.2) is 0 Å². The van der Waals surface area contributed by atoms with Gasteiger partial charge >= 0.3 is 0 Å². The van der Waals surface area contributed by atoms with Crippen molar-refractivity contribution in [3.63, 3.8) is 0 Å². The zero-order valence-corrected chi connectivity index (χ0v) is 15.3. The van der Waals surface area contributed by atoms with Crippen LogP contribution in [0.3, 0.4) is 0 Å². The highest BCUT2D eigenvalue weighted by atomic mass is 32.2. The van der Waals surface area contributed by atoms with Crippen LogP contribution in [-0.2, 0) is 11.3 Å². The van der Waals surface area contributed by atoms with E-state index in [2.05, 4.69) is 27.9 Å². The first-order valence-corrected chi connectivity index (χ1v) is 9.98. The predicted octanol–water partition coefficient (Wildman–Crippen LogP) is 2.65. The zero-order chi connectivity index (χ0) is 17.3. The van der Waals surface area contributed by atoms with Crippen LogP contribution in [0, 0.1) is 0 Å². The molecule has 0 aliphatic carbocycles. The average molecular weight is 359 g/mol. The van der Waals surface area contributed by atoms with E-state index in [-0.39, 0.29) is 5.91 Å². The molecule has 1 aromatic carbocycles. The molecule has 1 atom stereocenters. The maximum atomic E-state index is 12.0. The second kappa shape index (κ2) is 9.63. The third-order valence-corrected chi connectivity index (χ3v) is 5.44. The van der Waals surface area contributed by atoms with Gasteiger partial charge in [0.1, 0.15) is 6.54 Å². The van der Waals surface area contributed by atoms with Crippen LogP contribution in [-0.4, -0.2) is 41.1 Å². The molecule has 25 heavy (non-hydrogen) atoms. The summed E-state index contributed by atoms with van der Waals surface area (Å²) in [5, 5.41) is 11.0. The number of hydrogen-bond acceptors (Lipinski definition) is 4. The quantitative estimate of drug-likeness (QED) is 0.563. The minimum absolute atomic E-state index is 0.0288. The Morgan fingerprint density at radius 1 is 1.32 bits per heavy atom. The Morgan fingerprint density at radius 2 is 2.20 bits per heavy atom. The number of carbonyl (C=O) groups excluding carboxylic acids is 1. The molecule has 6 heteroatoms. The predicted molar refractivity (Wildman–Crippen MR) is 102 cm³/mol. The standard InChI is InChI=1S/C19H26N4OS/c24-19(21-11-5-13-25-17-7-2-1-3-8-17)15-23-12-9-18(22-23)16-6-4-10-20-14-16/h1-3,7-9,12,16,20H,4-6,10-11,13-15H2,(H,21,24). The first-order valence-electron chi connectivity index (χ1n) is 9.00. The number of benzene rings is 1. The fourth-order valence-electron chi connectivity index (χ4n) is 3.00. The van der Waals surface area contributed by atoms with Crippen molar-refractivity contribution in [2.24, 2.45) is 0 Å². The van der Waals surface area contributed by atoms with E-state index in [9.17, 15) is 4.79 Å². The number of piperidine rings is 1. The lowest BCUT2D eigenvalue weighted by Crippen LogP contribution is -2.30. The van der Waals surface area contributed by atoms with Gasteiger partial charge in [0.05, 0.1) is 5.69 Å². The number of hydrogen-bond donors (Lipinski definition) is 2. The van der Waals surface area contributed by atoms with E-state index in [1.165, 1.54) is 17.7 Å². The van der Waals surface area contributed by atoms with Crippen LogP contribution in [0.4, 0.5) is 0 Å². The normalized spacial score (nSPS) is 17.4. The van der Waals surface area contributed by atoms with Crippen LogP contribution in [0.1, 0.15) is 30.9 Å². The van der Waals surface area contributed by atoms with Crippen molar-refractivity contribution in [2.75, 3.05) is 25.4 Å². The van der Waals surface area contributed by atoms with Crippen LogP contribution < -0.4 is 10.6 Å². The molecule has 1 aliphatic rings. The van der Waals surface area contributed by atoms with E-state index >= 15 is 0 Å². The van der Waals surface area contributed by atoms with E-state index in [0.29, 0.717) is 19.0 Å². The van der Waals surface area contributed by atoms with Gasteiger partial charge < -0.3 is 10.6 Å². The Hall–Kier alpha value is -1.79. The molecule has 2 aromatic rings. The lowest BCUT2D eigenvalue weighted by molar-refractivity contribution is -0.121. The van der Waals surface area contributed by atoms with Gasteiger partial charge in [-0.2, -0.15) is 5.10 Å². The summed E-state index contributed by atoms with van der Waals surface area (Å²) < 4.78 is 1.75. The second-order valence-electron chi connectivity index (χ2n) is 6.35. The van der Waals surface area contributed by atoms with Gasteiger partial charge in [0, 0.05) is 30.1 Å². The molecule has 1 aliphatic heterocycles. The van der Waals surface area contributed by atoms with Gasteiger partial charge in [0.15, 0.2) is 0 Å². The third-order valence-electron chi connectivity index (χ3n) is 4.34. The summed E-state index contributed by atoms with van der Waals surface area (Å²) in [4.78, 5) is 13.3. The molecular formula is C19H26N4OS. The molecule has 1 amide bonds. The average Bonchev–Trinajstić information content (AvgIpc) is 3.11. The number of rotatable bonds is 8. The summed E-state index contributed by atoms with van der Waals surface area (Å²) in [6.07, 6.45) is 5.24. The van der Waals surface area contributed by atoms with Gasteiger partial charge in [-0.15, -0.1) is 11.8 Å². The number of aromatic nitrogens is 2. The van der Waals surface area contributed by atoms with Gasteiger partial charge in [-0.05, 0) is 49.8 Å². The summed E-state index contributed by atoms with van der Waals surface area (Å²) in [5.41, 5.74) is 1.10. The van der Waals surface area contributed by atoms with Crippen LogP contribution in [0.2, 0.25) is 0 Å². The monoisotopic (exact) mass is 358 g/mol. The van der Waals surface area contributed by atoms with Gasteiger partial charge in [-0.1, -0.05) is 18.2 Å². The molecule has 1 fully saturated rings. The number of nitrogens with one attached hydrogen (secondary N) is 2. The first-order chi connectivity index (χ1) is 12.3. The minimum Gasteiger partial charge on any atom is -0.354 e. The first kappa shape index (κ1) is 18.0. The summed E-state index contributed by atoms with van der Waals surface area (Å²) in [7, 11) is 0. The molecule has 1 aromatic heterocycles. The largest absolute Gasteiger partial charge is 0.354 e. The van der Waals surface area contributed by atoms with Crippen LogP contribution >= 0.6 is 11.8 Å². The minimum atomic E-state index is 0.0288. The molecular weight excluding hydrogens is 332 g/mol. The van der Waals surface area contributed by atoms with E-state index in [4.69, 9.17) is 0 Å². The molecule has 1 unspecified atom stereocenters. The van der Waals surface area contributed by atoms with E-state index < -0.39 is 0 Å². The summed E-state index contributed by atoms with van der Waals surface area (Å²) in [6.45, 7) is 3.09. The van der Waals surface area contributed by atoms with Crippen LogP contribution in [0.25, 0.3) is 0 Å². The molecule has 2 heterocycles. The summed E-state index contributed by atoms with van der Waals surface area (Å²) >= 11 is 1.82. The molecule has 134 valence electrons. The fourth-order valence-corrected chi connectivity index (χ4v) is 3.87. The fraction of sp³-hybridized carbons (Fsp3) is 0.474. The van der Waals surface area contributed by atoms with Crippen molar-refractivity contribution in [1.82, 2.24) is 20.4 Å². The Balaban J connectivity index is 1.33. The number of carbonyl (C=O) groups is 1. The molecule has 3 rings (SSSR count). The molecule has 5 nitrogen and oxygen atoms in total. The number of thioether (sulfide) groups is 1. The molecule has 0 spiro atoms. The van der Waals surface area contributed by atoms with Crippen molar-refractivity contribution >= 4 is 17.7 Å². The Morgan fingerprint density at radius 3 is 3.00 bits per heavy atom. The van der Waals surface area contributed by atoms with Crippen molar-refractivity contribution in [3.8, 4) is 0 Å². The smallest absolute Gasteiger partial charge is 0.241 e. The Bertz CT molecular complexity index is 652. The van der Waals surface area contributed by atoms with E-state index in [1.807, 2.05) is 42.2 Å². The maximum absolute atomic E-state index is 12.0. The molecule has 1 saturated heterocycles. The highest BCUT2D eigenvalue weighted by molar-refractivity contribution is 7.99. The number of nitrogens with zero attached hydrogens (tertiary/aromatic N) is 2. The van der Waals surface area contributed by atoms with Crippen LogP contribution in [0.5, 0.6) is 0 Å². The lowest BCUT2D eigenvalue weighted by Gasteiger charge is -2.20. The third kappa shape index (κ3) is 5.90. The molecule has 0 radical (unpaired) electrons. The van der Waals surface area contributed by atoms with E-state index in [1.54, 1.807) is 4.68 Å². The van der Waals surface area contributed by atoms with Crippen molar-refractivity contribution < 1.29 is 4.79 Å². The van der Waals surface area contributed by atoms with Gasteiger partial charge in [0.2, 0.25) is 5.91 Å². The van der Waals surface area contributed by atoms with Gasteiger partial charge in [0.25, 0.3) is 0 Å². The topological polar surface area (TPSA) is 59.0 Å². The number of amides is 1. The highest BCUT2D eigenvalue weighted by Crippen LogP contribution is 2.21. The Kier molecular flexibility index (Phi) is 6.94. The molecule has 0 bridgehead atoms. The summed E-state index contributed by atoms with van der Waals surface area (Å²) in [6, 6.07) is 12.4. The molecule has 2 N–H and O–H groups in total. The lowest BCUT2D eigenvalue weighted by atomic mass is 9.97. The van der Waals surface area contributed by atoms with E-state index in [0.717, 1.165) is 31.0 Å². The van der Waals surface area contributed by atoms with Gasteiger partial charge in [-0.3, -0.25) is 9.48 Å². The Labute approximate surface area is 153 Å².